The van der Waals surface area contributed by atoms with Gasteiger partial charge in [0.25, 0.3) is 5.91 Å². The number of amides is 1. The number of nitrogens with zero attached hydrogens (tertiary/aromatic N) is 1. The van der Waals surface area contributed by atoms with Crippen molar-refractivity contribution < 1.29 is 9.53 Å². The van der Waals surface area contributed by atoms with Gasteiger partial charge >= 0.3 is 0 Å². The van der Waals surface area contributed by atoms with Crippen LogP contribution in [0.5, 0.6) is 5.75 Å². The van der Waals surface area contributed by atoms with Gasteiger partial charge in [0.1, 0.15) is 5.75 Å². The zero-order chi connectivity index (χ0) is 13.2. The number of anilines is 2. The predicted octanol–water partition coefficient (Wildman–Crippen LogP) is 1.21. The smallest absolute Gasteiger partial charge is 0.265 e. The lowest BCUT2D eigenvalue weighted by Gasteiger charge is -2.30. The molecule has 0 aromatic heterocycles. The van der Waals surface area contributed by atoms with Crippen molar-refractivity contribution in [3.05, 3.63) is 18.2 Å². The Balaban J connectivity index is 1.75. The molecule has 5 nitrogen and oxygen atoms in total. The maximum atomic E-state index is 12.0. The molecule has 0 bridgehead atoms. The van der Waals surface area contributed by atoms with Crippen molar-refractivity contribution in [1.82, 2.24) is 5.32 Å². The monoisotopic (exact) mass is 261 g/mol. The molecule has 1 saturated carbocycles. The Bertz CT molecular complexity index is 486. The van der Waals surface area contributed by atoms with Crippen molar-refractivity contribution in [3.8, 4) is 5.75 Å². The average molecular weight is 261 g/mol. The van der Waals surface area contributed by atoms with Gasteiger partial charge in [0.05, 0.1) is 5.69 Å². The van der Waals surface area contributed by atoms with Crippen LogP contribution in [0.15, 0.2) is 18.2 Å². The molecule has 1 heterocycles. The molecule has 1 aromatic carbocycles. The van der Waals surface area contributed by atoms with E-state index in [-0.39, 0.29) is 12.5 Å². The molecule has 3 rings (SSSR count). The molecule has 1 aliphatic carbocycles. The van der Waals surface area contributed by atoms with Gasteiger partial charge in [0.2, 0.25) is 0 Å². The highest BCUT2D eigenvalue weighted by Gasteiger charge is 2.26. The lowest BCUT2D eigenvalue weighted by atomic mass is 10.2. The van der Waals surface area contributed by atoms with Crippen LogP contribution in [-0.2, 0) is 4.79 Å². The third kappa shape index (κ3) is 2.66. The first-order valence-electron chi connectivity index (χ1n) is 6.76. The van der Waals surface area contributed by atoms with E-state index < -0.39 is 0 Å². The lowest BCUT2D eigenvalue weighted by Crippen LogP contribution is -2.42. The summed E-state index contributed by atoms with van der Waals surface area (Å²) in [6.07, 6.45) is 2.52. The molecule has 0 atom stereocenters. The molecule has 1 fully saturated rings. The first-order valence-corrected chi connectivity index (χ1v) is 6.76. The number of fused-ring (bicyclic) bond motifs is 1. The molecule has 19 heavy (non-hydrogen) atoms. The van der Waals surface area contributed by atoms with Crippen LogP contribution in [0.4, 0.5) is 11.4 Å². The maximum Gasteiger partial charge on any atom is 0.265 e. The van der Waals surface area contributed by atoms with Crippen LogP contribution >= 0.6 is 0 Å². The van der Waals surface area contributed by atoms with Crippen LogP contribution < -0.4 is 20.3 Å². The largest absolute Gasteiger partial charge is 0.482 e. The van der Waals surface area contributed by atoms with Gasteiger partial charge in [-0.2, -0.15) is 0 Å². The minimum absolute atomic E-state index is 0.0263. The number of hydrogen-bond acceptors (Lipinski definition) is 4. The molecular weight excluding hydrogens is 242 g/mol. The molecule has 5 heteroatoms. The summed E-state index contributed by atoms with van der Waals surface area (Å²) < 4.78 is 5.47. The molecule has 1 amide bonds. The molecule has 0 spiro atoms. The van der Waals surface area contributed by atoms with Crippen molar-refractivity contribution >= 4 is 17.3 Å². The van der Waals surface area contributed by atoms with E-state index in [4.69, 9.17) is 4.74 Å². The van der Waals surface area contributed by atoms with Crippen molar-refractivity contribution in [1.29, 1.82) is 0 Å². The first kappa shape index (κ1) is 12.3. The van der Waals surface area contributed by atoms with Crippen LogP contribution in [0.25, 0.3) is 0 Å². The topological polar surface area (TPSA) is 53.6 Å². The fourth-order valence-corrected chi connectivity index (χ4v) is 2.27. The lowest BCUT2D eigenvalue weighted by molar-refractivity contribution is -0.121. The molecule has 1 aromatic rings. The predicted molar refractivity (Wildman–Crippen MR) is 74.9 cm³/mol. The summed E-state index contributed by atoms with van der Waals surface area (Å²) in [5, 5.41) is 6.52. The van der Waals surface area contributed by atoms with Crippen LogP contribution in [0.2, 0.25) is 0 Å². The summed E-state index contributed by atoms with van der Waals surface area (Å²) >= 11 is 0. The Morgan fingerprint density at radius 3 is 3.00 bits per heavy atom. The van der Waals surface area contributed by atoms with Crippen LogP contribution in [0.3, 0.4) is 0 Å². The molecular formula is C14H19N3O2. The highest BCUT2D eigenvalue weighted by molar-refractivity contribution is 5.98. The fourth-order valence-electron chi connectivity index (χ4n) is 2.27. The molecule has 2 aliphatic rings. The van der Waals surface area contributed by atoms with E-state index >= 15 is 0 Å². The number of hydrogen-bond donors (Lipinski definition) is 2. The summed E-state index contributed by atoms with van der Waals surface area (Å²) in [5.74, 6) is 0.809. The van der Waals surface area contributed by atoms with E-state index in [1.165, 1.54) is 12.8 Å². The quantitative estimate of drug-likeness (QED) is 0.836. The van der Waals surface area contributed by atoms with Gasteiger partial charge in [0, 0.05) is 31.9 Å². The van der Waals surface area contributed by atoms with Gasteiger partial charge in [-0.3, -0.25) is 4.79 Å². The third-order valence-electron chi connectivity index (χ3n) is 3.54. The maximum absolute atomic E-state index is 12.0. The van der Waals surface area contributed by atoms with Gasteiger partial charge in [-0.15, -0.1) is 0 Å². The highest BCUT2D eigenvalue weighted by atomic mass is 16.5. The number of carbonyl (C=O) groups excluding carboxylic acids is 1. The van der Waals surface area contributed by atoms with Crippen molar-refractivity contribution in [2.45, 2.75) is 18.9 Å². The molecule has 0 radical (unpaired) electrons. The summed E-state index contributed by atoms with van der Waals surface area (Å²) in [4.78, 5) is 13.8. The Morgan fingerprint density at radius 2 is 2.26 bits per heavy atom. The number of benzene rings is 1. The second kappa shape index (κ2) is 5.09. The Labute approximate surface area is 112 Å². The second-order valence-corrected chi connectivity index (χ2v) is 4.99. The second-order valence-electron chi connectivity index (χ2n) is 4.99. The van der Waals surface area contributed by atoms with E-state index in [0.717, 1.165) is 23.7 Å². The van der Waals surface area contributed by atoms with Gasteiger partial charge < -0.3 is 20.3 Å². The number of carbonyl (C=O) groups is 1. The Hall–Kier alpha value is -1.75. The standard InChI is InChI=1S/C14H19N3O2/c1-15-11-4-5-13-12(8-11)17(14(18)9-19-13)7-6-16-10-2-3-10/h4-5,8,10,15-16H,2-3,6-7,9H2,1H3. The average Bonchev–Trinajstić information content (AvgIpc) is 3.25. The van der Waals surface area contributed by atoms with E-state index in [0.29, 0.717) is 12.6 Å². The van der Waals surface area contributed by atoms with Crippen molar-refractivity contribution in [2.75, 3.05) is 37.0 Å². The fraction of sp³-hybridized carbons (Fsp3) is 0.500. The minimum Gasteiger partial charge on any atom is -0.482 e. The molecule has 0 unspecified atom stereocenters. The van der Waals surface area contributed by atoms with Crippen molar-refractivity contribution in [2.24, 2.45) is 0 Å². The highest BCUT2D eigenvalue weighted by Crippen LogP contribution is 2.34. The zero-order valence-corrected chi connectivity index (χ0v) is 11.1. The SMILES string of the molecule is CNc1ccc2c(c1)N(CCNC1CC1)C(=O)CO2. The zero-order valence-electron chi connectivity index (χ0n) is 11.1. The van der Waals surface area contributed by atoms with Crippen molar-refractivity contribution in [3.63, 3.8) is 0 Å². The Kier molecular flexibility index (Phi) is 3.29. The summed E-state index contributed by atoms with van der Waals surface area (Å²) in [6.45, 7) is 1.66. The van der Waals surface area contributed by atoms with Crippen LogP contribution in [0, 0.1) is 0 Å². The Morgan fingerprint density at radius 1 is 1.42 bits per heavy atom. The summed E-state index contributed by atoms with van der Waals surface area (Å²) in [5.41, 5.74) is 1.85. The van der Waals surface area contributed by atoms with Gasteiger partial charge in [-0.05, 0) is 31.0 Å². The molecule has 102 valence electrons. The van der Waals surface area contributed by atoms with Gasteiger partial charge in [-0.1, -0.05) is 0 Å². The van der Waals surface area contributed by atoms with Crippen LogP contribution in [-0.4, -0.2) is 38.7 Å². The van der Waals surface area contributed by atoms with Gasteiger partial charge in [-0.25, -0.2) is 0 Å². The van der Waals surface area contributed by atoms with E-state index in [1.807, 2.05) is 30.1 Å². The number of rotatable bonds is 5. The molecule has 2 N–H and O–H groups in total. The first-order chi connectivity index (χ1) is 9.28. The van der Waals surface area contributed by atoms with E-state index in [1.54, 1.807) is 0 Å². The van der Waals surface area contributed by atoms with Gasteiger partial charge in [0.15, 0.2) is 6.61 Å². The third-order valence-corrected chi connectivity index (χ3v) is 3.54. The van der Waals surface area contributed by atoms with E-state index in [9.17, 15) is 4.79 Å². The van der Waals surface area contributed by atoms with Crippen LogP contribution in [0.1, 0.15) is 12.8 Å². The summed E-state index contributed by atoms with van der Waals surface area (Å²) in [6, 6.07) is 6.49. The number of nitrogens with one attached hydrogen (secondary N) is 2. The van der Waals surface area contributed by atoms with E-state index in [2.05, 4.69) is 10.6 Å². The molecule has 1 aliphatic heterocycles. The summed E-state index contributed by atoms with van der Waals surface area (Å²) in [7, 11) is 1.87. The molecule has 0 saturated heterocycles. The normalized spacial score (nSPS) is 17.9. The minimum atomic E-state index is 0.0263. The number of ether oxygens (including phenoxy) is 1.